The minimum Gasteiger partial charge on any atom is -0.283 e. The molecule has 8 heteroatoms. The molecule has 1 aromatic carbocycles. The minimum atomic E-state index is -3.43. The van der Waals surface area contributed by atoms with Crippen molar-refractivity contribution in [3.05, 3.63) is 33.9 Å². The van der Waals surface area contributed by atoms with Gasteiger partial charge in [-0.2, -0.15) is 0 Å². The Kier molecular flexibility index (Phi) is 3.87. The van der Waals surface area contributed by atoms with E-state index in [0.29, 0.717) is 11.3 Å². The molecule has 0 aliphatic heterocycles. The normalized spacial score (nSPS) is 11.1. The number of rotatable bonds is 4. The van der Waals surface area contributed by atoms with Gasteiger partial charge in [0.25, 0.3) is 5.69 Å². The number of nitro groups is 1. The second-order valence-electron chi connectivity index (χ2n) is 3.08. The Hall–Kier alpha value is -1.15. The van der Waals surface area contributed by atoms with E-state index in [-0.39, 0.29) is 10.3 Å². The summed E-state index contributed by atoms with van der Waals surface area (Å²) in [5.41, 5.74) is 0.767. The summed E-state index contributed by atoms with van der Waals surface area (Å²) >= 11 is 2.83. The van der Waals surface area contributed by atoms with Crippen LogP contribution in [0.5, 0.6) is 0 Å². The Morgan fingerprint density at radius 1 is 1.50 bits per heavy atom. The summed E-state index contributed by atoms with van der Waals surface area (Å²) in [6.07, 6.45) is 0. The van der Waals surface area contributed by atoms with Gasteiger partial charge in [-0.1, -0.05) is 15.9 Å². The molecule has 0 amide bonds. The molecule has 0 saturated carbocycles. The van der Waals surface area contributed by atoms with Gasteiger partial charge in [0, 0.05) is 12.1 Å². The molecule has 0 heterocycles. The standard InChI is InChI=1S/C8H9BrN2O4S/c1-6-4-7(11(12)13)2-3-8(6)10-16(14,15)5-9/h2-4,10H,5H2,1H3. The lowest BCUT2D eigenvalue weighted by molar-refractivity contribution is -0.384. The molecule has 0 atom stereocenters. The summed E-state index contributed by atoms with van der Waals surface area (Å²) in [6, 6.07) is 3.93. The van der Waals surface area contributed by atoms with Crippen molar-refractivity contribution in [3.63, 3.8) is 0 Å². The van der Waals surface area contributed by atoms with Gasteiger partial charge in [0.1, 0.15) is 4.66 Å². The number of benzene rings is 1. The predicted molar refractivity (Wildman–Crippen MR) is 64.2 cm³/mol. The molecule has 0 bridgehead atoms. The van der Waals surface area contributed by atoms with E-state index >= 15 is 0 Å². The second kappa shape index (κ2) is 4.79. The molecule has 1 N–H and O–H groups in total. The summed E-state index contributed by atoms with van der Waals surface area (Å²) < 4.78 is 24.6. The number of nitro benzene ring substituents is 1. The second-order valence-corrected chi connectivity index (χ2v) is 6.11. The highest BCUT2D eigenvalue weighted by Crippen LogP contribution is 2.22. The first-order valence-corrected chi connectivity index (χ1v) is 6.94. The van der Waals surface area contributed by atoms with Crippen LogP contribution in [-0.2, 0) is 10.0 Å². The summed E-state index contributed by atoms with van der Waals surface area (Å²) in [5, 5.41) is 10.5. The van der Waals surface area contributed by atoms with Crippen molar-refractivity contribution < 1.29 is 13.3 Å². The van der Waals surface area contributed by atoms with Crippen LogP contribution in [0.1, 0.15) is 5.56 Å². The van der Waals surface area contributed by atoms with Crippen molar-refractivity contribution in [2.45, 2.75) is 6.92 Å². The summed E-state index contributed by atoms with van der Waals surface area (Å²) in [5.74, 6) is 0. The number of non-ortho nitro benzene ring substituents is 1. The van der Waals surface area contributed by atoms with Gasteiger partial charge in [-0.15, -0.1) is 0 Å². The van der Waals surface area contributed by atoms with Gasteiger partial charge >= 0.3 is 0 Å². The first-order valence-electron chi connectivity index (χ1n) is 4.17. The van der Waals surface area contributed by atoms with E-state index in [1.54, 1.807) is 6.92 Å². The van der Waals surface area contributed by atoms with Crippen LogP contribution in [0.2, 0.25) is 0 Å². The van der Waals surface area contributed by atoms with E-state index in [1.165, 1.54) is 18.2 Å². The maximum Gasteiger partial charge on any atom is 0.269 e. The summed E-state index contributed by atoms with van der Waals surface area (Å²) in [7, 11) is -3.43. The van der Waals surface area contributed by atoms with Crippen LogP contribution in [0.4, 0.5) is 11.4 Å². The summed E-state index contributed by atoms with van der Waals surface area (Å²) in [6.45, 7) is 1.60. The average Bonchev–Trinajstić information content (AvgIpc) is 2.20. The Labute approximate surface area is 101 Å². The number of hydrogen-bond acceptors (Lipinski definition) is 4. The van der Waals surface area contributed by atoms with Gasteiger partial charge in [-0.05, 0) is 18.6 Å². The number of aryl methyl sites for hydroxylation is 1. The first kappa shape index (κ1) is 12.9. The van der Waals surface area contributed by atoms with Crippen LogP contribution in [0, 0.1) is 17.0 Å². The van der Waals surface area contributed by atoms with Crippen LogP contribution in [0.15, 0.2) is 18.2 Å². The molecule has 1 rings (SSSR count). The van der Waals surface area contributed by atoms with Crippen LogP contribution in [0.25, 0.3) is 0 Å². The largest absolute Gasteiger partial charge is 0.283 e. The molecule has 16 heavy (non-hydrogen) atoms. The van der Waals surface area contributed by atoms with Crippen molar-refractivity contribution in [2.75, 3.05) is 9.38 Å². The third-order valence-electron chi connectivity index (χ3n) is 1.83. The Morgan fingerprint density at radius 2 is 2.12 bits per heavy atom. The zero-order valence-corrected chi connectivity index (χ0v) is 10.7. The van der Waals surface area contributed by atoms with E-state index in [9.17, 15) is 18.5 Å². The molecule has 0 aromatic heterocycles. The first-order chi connectivity index (χ1) is 7.35. The lowest BCUT2D eigenvalue weighted by atomic mass is 10.2. The topological polar surface area (TPSA) is 89.3 Å². The molecule has 0 radical (unpaired) electrons. The molecular formula is C8H9BrN2O4S. The van der Waals surface area contributed by atoms with E-state index in [1.807, 2.05) is 0 Å². The molecule has 0 aliphatic carbocycles. The molecule has 6 nitrogen and oxygen atoms in total. The number of sulfonamides is 1. The molecule has 0 saturated heterocycles. The zero-order valence-electron chi connectivity index (χ0n) is 8.31. The molecule has 0 spiro atoms. The van der Waals surface area contributed by atoms with Gasteiger partial charge in [-0.3, -0.25) is 14.8 Å². The molecule has 0 unspecified atom stereocenters. The smallest absolute Gasteiger partial charge is 0.269 e. The Bertz CT molecular complexity index is 515. The highest BCUT2D eigenvalue weighted by Gasteiger charge is 2.12. The van der Waals surface area contributed by atoms with Crippen molar-refractivity contribution in [2.24, 2.45) is 0 Å². The van der Waals surface area contributed by atoms with E-state index in [0.717, 1.165) is 0 Å². The monoisotopic (exact) mass is 308 g/mol. The molecular weight excluding hydrogens is 300 g/mol. The number of halogens is 1. The van der Waals surface area contributed by atoms with Gasteiger partial charge in [0.05, 0.1) is 10.6 Å². The van der Waals surface area contributed by atoms with Crippen molar-refractivity contribution in [1.82, 2.24) is 0 Å². The molecule has 88 valence electrons. The fourth-order valence-electron chi connectivity index (χ4n) is 1.07. The van der Waals surface area contributed by atoms with Crippen molar-refractivity contribution in [1.29, 1.82) is 0 Å². The van der Waals surface area contributed by atoms with Crippen LogP contribution < -0.4 is 4.72 Å². The highest BCUT2D eigenvalue weighted by molar-refractivity contribution is 9.10. The summed E-state index contributed by atoms with van der Waals surface area (Å²) in [4.78, 5) is 9.93. The van der Waals surface area contributed by atoms with Gasteiger partial charge in [-0.25, -0.2) is 8.42 Å². The third kappa shape index (κ3) is 3.17. The lowest BCUT2D eigenvalue weighted by Gasteiger charge is -2.07. The molecule has 0 fully saturated rings. The fourth-order valence-corrected chi connectivity index (χ4v) is 2.03. The van der Waals surface area contributed by atoms with E-state index < -0.39 is 14.9 Å². The SMILES string of the molecule is Cc1cc([N+](=O)[O-])ccc1NS(=O)(=O)CBr. The highest BCUT2D eigenvalue weighted by atomic mass is 79.9. The predicted octanol–water partition coefficient (Wildman–Crippen LogP) is 2.00. The fraction of sp³-hybridized carbons (Fsp3) is 0.250. The van der Waals surface area contributed by atoms with Gasteiger partial charge in [0.15, 0.2) is 0 Å². The lowest BCUT2D eigenvalue weighted by Crippen LogP contribution is -2.14. The number of hydrogen-bond donors (Lipinski definition) is 1. The van der Waals surface area contributed by atoms with Crippen LogP contribution in [-0.4, -0.2) is 18.0 Å². The van der Waals surface area contributed by atoms with Crippen LogP contribution in [0.3, 0.4) is 0 Å². The molecule has 0 aliphatic rings. The van der Waals surface area contributed by atoms with E-state index in [4.69, 9.17) is 0 Å². The van der Waals surface area contributed by atoms with Crippen molar-refractivity contribution in [3.8, 4) is 0 Å². The van der Waals surface area contributed by atoms with Gasteiger partial charge in [0.2, 0.25) is 10.0 Å². The maximum absolute atomic E-state index is 11.2. The number of nitrogens with one attached hydrogen (secondary N) is 1. The number of anilines is 1. The number of alkyl halides is 1. The minimum absolute atomic E-state index is 0.0701. The zero-order chi connectivity index (χ0) is 12.3. The average molecular weight is 309 g/mol. The Morgan fingerprint density at radius 3 is 2.56 bits per heavy atom. The molecule has 1 aromatic rings. The maximum atomic E-state index is 11.2. The third-order valence-corrected chi connectivity index (χ3v) is 4.46. The van der Waals surface area contributed by atoms with Gasteiger partial charge < -0.3 is 0 Å². The quantitative estimate of drug-likeness (QED) is 0.523. The van der Waals surface area contributed by atoms with Crippen molar-refractivity contribution >= 4 is 37.3 Å². The Balaban J connectivity index is 3.05. The number of nitrogens with zero attached hydrogens (tertiary/aromatic N) is 1. The van der Waals surface area contributed by atoms with E-state index in [2.05, 4.69) is 20.7 Å². The van der Waals surface area contributed by atoms with Crippen LogP contribution >= 0.6 is 15.9 Å².